The Bertz CT molecular complexity index is 648. The van der Waals surface area contributed by atoms with Crippen molar-refractivity contribution in [2.75, 3.05) is 0 Å². The molecule has 1 aromatic rings. The average Bonchev–Trinajstić information content (AvgIpc) is 2.69. The molecule has 102 valence electrons. The van der Waals surface area contributed by atoms with Crippen molar-refractivity contribution in [3.8, 4) is 0 Å². The molecule has 0 saturated heterocycles. The summed E-state index contributed by atoms with van der Waals surface area (Å²) in [5.74, 6) is 0. The topological polar surface area (TPSA) is 0 Å². The molecule has 2 aliphatic carbocycles. The molecule has 0 fully saturated rings. The fraction of sp³-hybridized carbons (Fsp3) is 0.300. The fourth-order valence-corrected chi connectivity index (χ4v) is 3.48. The van der Waals surface area contributed by atoms with Gasteiger partial charge in [0.15, 0.2) is 0 Å². The van der Waals surface area contributed by atoms with Gasteiger partial charge in [-0.3, -0.25) is 0 Å². The first kappa shape index (κ1) is 13.2. The number of rotatable bonds is 0. The van der Waals surface area contributed by atoms with Crippen molar-refractivity contribution >= 4 is 5.57 Å². The lowest BCUT2D eigenvalue weighted by atomic mass is 9.76. The Labute approximate surface area is 122 Å². The standard InChI is InChI=1S/C20H22/c1-4-17-18-11-6-5-9-15(18)12-13-16-10-7-8-14-20(2,3)19(16)17/h4-11,14H,12-13H2,1-3H3. The summed E-state index contributed by atoms with van der Waals surface area (Å²) in [7, 11) is 0. The van der Waals surface area contributed by atoms with Gasteiger partial charge in [0.1, 0.15) is 0 Å². The van der Waals surface area contributed by atoms with Crippen molar-refractivity contribution < 1.29 is 0 Å². The van der Waals surface area contributed by atoms with E-state index in [-0.39, 0.29) is 5.41 Å². The van der Waals surface area contributed by atoms with Crippen LogP contribution in [-0.2, 0) is 6.42 Å². The van der Waals surface area contributed by atoms with Crippen LogP contribution in [0.15, 0.2) is 65.8 Å². The maximum atomic E-state index is 2.32. The zero-order valence-corrected chi connectivity index (χ0v) is 12.6. The van der Waals surface area contributed by atoms with Gasteiger partial charge in [-0.1, -0.05) is 68.5 Å². The lowest BCUT2D eigenvalue weighted by molar-refractivity contribution is 0.594. The number of hydrogen-bond acceptors (Lipinski definition) is 0. The molecule has 3 rings (SSSR count). The van der Waals surface area contributed by atoms with Crippen molar-refractivity contribution in [3.05, 3.63) is 76.9 Å². The summed E-state index contributed by atoms with van der Waals surface area (Å²) >= 11 is 0. The van der Waals surface area contributed by atoms with Crippen LogP contribution in [0, 0.1) is 5.41 Å². The zero-order valence-electron chi connectivity index (χ0n) is 12.6. The van der Waals surface area contributed by atoms with Gasteiger partial charge in [-0.2, -0.15) is 0 Å². The molecular formula is C20H22. The van der Waals surface area contributed by atoms with Gasteiger partial charge in [0.2, 0.25) is 0 Å². The first-order chi connectivity index (χ1) is 9.63. The largest absolute Gasteiger partial charge is 0.0795 e. The number of benzene rings is 1. The predicted octanol–water partition coefficient (Wildman–Crippen LogP) is 5.48. The summed E-state index contributed by atoms with van der Waals surface area (Å²) in [6.45, 7) is 6.81. The van der Waals surface area contributed by atoms with Gasteiger partial charge in [0.25, 0.3) is 0 Å². The lowest BCUT2D eigenvalue weighted by Crippen LogP contribution is -2.14. The van der Waals surface area contributed by atoms with Crippen LogP contribution in [0.2, 0.25) is 0 Å². The summed E-state index contributed by atoms with van der Waals surface area (Å²) < 4.78 is 0. The molecule has 0 aliphatic heterocycles. The second-order valence-electron chi connectivity index (χ2n) is 6.20. The number of aryl methyl sites for hydroxylation is 1. The van der Waals surface area contributed by atoms with Crippen LogP contribution in [0.1, 0.15) is 38.3 Å². The molecule has 0 saturated carbocycles. The highest BCUT2D eigenvalue weighted by atomic mass is 14.3. The molecule has 0 aromatic heterocycles. The number of hydrogen-bond donors (Lipinski definition) is 0. The van der Waals surface area contributed by atoms with Crippen LogP contribution in [0.5, 0.6) is 0 Å². The predicted molar refractivity (Wildman–Crippen MR) is 87.5 cm³/mol. The summed E-state index contributed by atoms with van der Waals surface area (Å²) in [6.07, 6.45) is 13.5. The van der Waals surface area contributed by atoms with Gasteiger partial charge in [0.05, 0.1) is 0 Å². The first-order valence-corrected chi connectivity index (χ1v) is 7.48. The highest BCUT2D eigenvalue weighted by Crippen LogP contribution is 2.45. The highest BCUT2D eigenvalue weighted by molar-refractivity contribution is 5.84. The van der Waals surface area contributed by atoms with Crippen molar-refractivity contribution in [2.24, 2.45) is 5.41 Å². The van der Waals surface area contributed by atoms with Gasteiger partial charge in [-0.25, -0.2) is 0 Å². The van der Waals surface area contributed by atoms with Crippen LogP contribution >= 0.6 is 0 Å². The summed E-state index contributed by atoms with van der Waals surface area (Å²) in [5.41, 5.74) is 7.37. The molecule has 0 spiro atoms. The third-order valence-corrected chi connectivity index (χ3v) is 4.42. The smallest absolute Gasteiger partial charge is 0.00871 e. The third-order valence-electron chi connectivity index (χ3n) is 4.42. The molecule has 20 heavy (non-hydrogen) atoms. The third kappa shape index (κ3) is 2.10. The van der Waals surface area contributed by atoms with Crippen LogP contribution in [-0.4, -0.2) is 0 Å². The molecule has 0 nitrogen and oxygen atoms in total. The molecule has 0 radical (unpaired) electrons. The molecule has 2 aliphatic rings. The Kier molecular flexibility index (Phi) is 3.25. The van der Waals surface area contributed by atoms with E-state index in [2.05, 4.69) is 75.4 Å². The Balaban J connectivity index is 2.27. The van der Waals surface area contributed by atoms with Gasteiger partial charge >= 0.3 is 0 Å². The van der Waals surface area contributed by atoms with Crippen LogP contribution in [0.25, 0.3) is 5.57 Å². The molecule has 0 atom stereocenters. The molecule has 0 amide bonds. The van der Waals surface area contributed by atoms with Gasteiger partial charge < -0.3 is 0 Å². The normalized spacial score (nSPS) is 22.2. The second kappa shape index (κ2) is 4.94. The SMILES string of the molecule is CC=C1C2=C(C=CC=CC2(C)C)CCc2ccccc21. The van der Waals surface area contributed by atoms with E-state index in [1.165, 1.54) is 27.8 Å². The van der Waals surface area contributed by atoms with E-state index < -0.39 is 0 Å². The van der Waals surface area contributed by atoms with E-state index in [0.29, 0.717) is 0 Å². The Morgan fingerprint density at radius 2 is 1.85 bits per heavy atom. The minimum Gasteiger partial charge on any atom is -0.0795 e. The summed E-state index contributed by atoms with van der Waals surface area (Å²) in [5, 5.41) is 0. The number of fused-ring (bicyclic) bond motifs is 1. The van der Waals surface area contributed by atoms with E-state index in [4.69, 9.17) is 0 Å². The molecule has 0 N–H and O–H groups in total. The van der Waals surface area contributed by atoms with Crippen molar-refractivity contribution in [2.45, 2.75) is 33.6 Å². The van der Waals surface area contributed by atoms with E-state index in [0.717, 1.165) is 12.8 Å². The molecular weight excluding hydrogens is 240 g/mol. The Morgan fingerprint density at radius 3 is 2.65 bits per heavy atom. The minimum atomic E-state index is 0.0815. The van der Waals surface area contributed by atoms with E-state index in [9.17, 15) is 0 Å². The van der Waals surface area contributed by atoms with Crippen LogP contribution in [0.4, 0.5) is 0 Å². The van der Waals surface area contributed by atoms with E-state index >= 15 is 0 Å². The Hall–Kier alpha value is -1.82. The molecule has 0 heteroatoms. The lowest BCUT2D eigenvalue weighted by Gasteiger charge is -2.28. The van der Waals surface area contributed by atoms with E-state index in [1.807, 2.05) is 0 Å². The first-order valence-electron chi connectivity index (χ1n) is 7.48. The van der Waals surface area contributed by atoms with Crippen molar-refractivity contribution in [1.82, 2.24) is 0 Å². The molecule has 0 unspecified atom stereocenters. The van der Waals surface area contributed by atoms with Gasteiger partial charge in [-0.15, -0.1) is 0 Å². The van der Waals surface area contributed by atoms with E-state index in [1.54, 1.807) is 0 Å². The maximum Gasteiger partial charge on any atom is 0.00871 e. The zero-order chi connectivity index (χ0) is 14.2. The number of allylic oxidation sites excluding steroid dienone is 8. The average molecular weight is 262 g/mol. The molecule has 0 heterocycles. The monoisotopic (exact) mass is 262 g/mol. The fourth-order valence-electron chi connectivity index (χ4n) is 3.48. The molecule has 0 bridgehead atoms. The van der Waals surface area contributed by atoms with Crippen LogP contribution in [0.3, 0.4) is 0 Å². The summed E-state index contributed by atoms with van der Waals surface area (Å²) in [6, 6.07) is 8.86. The molecule has 1 aromatic carbocycles. The van der Waals surface area contributed by atoms with Crippen molar-refractivity contribution in [1.29, 1.82) is 0 Å². The minimum absolute atomic E-state index is 0.0815. The quantitative estimate of drug-likeness (QED) is 0.580. The highest BCUT2D eigenvalue weighted by Gasteiger charge is 2.29. The summed E-state index contributed by atoms with van der Waals surface area (Å²) in [4.78, 5) is 0. The second-order valence-corrected chi connectivity index (χ2v) is 6.20. The Morgan fingerprint density at radius 1 is 1.05 bits per heavy atom. The van der Waals surface area contributed by atoms with Gasteiger partial charge in [-0.05, 0) is 47.6 Å². The maximum absolute atomic E-state index is 2.32. The van der Waals surface area contributed by atoms with Gasteiger partial charge in [0, 0.05) is 5.41 Å². The van der Waals surface area contributed by atoms with Crippen LogP contribution < -0.4 is 0 Å². The van der Waals surface area contributed by atoms with Crippen molar-refractivity contribution in [3.63, 3.8) is 0 Å².